The Hall–Kier alpha value is -0.760. The van der Waals surface area contributed by atoms with Crippen molar-refractivity contribution < 1.29 is 18.9 Å². The van der Waals surface area contributed by atoms with Crippen molar-refractivity contribution in [3.05, 3.63) is 23.8 Å². The van der Waals surface area contributed by atoms with Crippen molar-refractivity contribution >= 4 is 0 Å². The summed E-state index contributed by atoms with van der Waals surface area (Å²) in [5.74, 6) is 3.40. The molecule has 0 aliphatic heterocycles. The van der Waals surface area contributed by atoms with E-state index in [4.69, 9.17) is 4.84 Å². The van der Waals surface area contributed by atoms with Crippen LogP contribution in [0.15, 0.2) is 23.8 Å². The Morgan fingerprint density at radius 2 is 1.26 bits per heavy atom. The van der Waals surface area contributed by atoms with Crippen molar-refractivity contribution in [3.8, 4) is 0 Å². The molecule has 0 aromatic rings. The number of nitrogens with one attached hydrogen (secondary N) is 2. The summed E-state index contributed by atoms with van der Waals surface area (Å²) in [5, 5.41) is 13.8. The minimum atomic E-state index is -0.353. The van der Waals surface area contributed by atoms with E-state index >= 15 is 0 Å². The molecule has 0 amide bonds. The topological polar surface area (TPSA) is 53.5 Å². The van der Waals surface area contributed by atoms with E-state index in [0.29, 0.717) is 17.8 Å². The molecule has 3 N–H and O–H groups in total. The van der Waals surface area contributed by atoms with E-state index in [1.807, 2.05) is 0 Å². The summed E-state index contributed by atoms with van der Waals surface area (Å²) in [6.07, 6.45) is 40.4. The monoisotopic (exact) mass is 761 g/mol. The number of hydrogen-bond acceptors (Lipinski definition) is 4. The van der Waals surface area contributed by atoms with Gasteiger partial charge in [0.1, 0.15) is 6.23 Å². The first-order valence-corrected chi connectivity index (χ1v) is 23.7. The molecule has 6 atom stereocenters. The van der Waals surface area contributed by atoms with Gasteiger partial charge in [-0.15, -0.1) is 0 Å². The predicted molar refractivity (Wildman–Crippen MR) is 235 cm³/mol. The first-order valence-electron chi connectivity index (χ1n) is 23.7. The molecule has 0 saturated heterocycles. The average Bonchev–Trinajstić information content (AvgIpc) is 3.10. The highest BCUT2D eigenvalue weighted by atomic mass is 16.6. The van der Waals surface area contributed by atoms with E-state index in [2.05, 4.69) is 85.2 Å². The van der Waals surface area contributed by atoms with Gasteiger partial charge in [-0.1, -0.05) is 134 Å². The fourth-order valence-electron chi connectivity index (χ4n) is 9.18. The lowest BCUT2D eigenvalue weighted by Gasteiger charge is -2.40. The Bertz CT molecular complexity index is 953. The maximum Gasteiger partial charge on any atom is 0.104 e. The summed E-state index contributed by atoms with van der Waals surface area (Å²) in [5.41, 5.74) is 5.11. The number of allylic oxidation sites excluding steroid dienone is 3. The van der Waals surface area contributed by atoms with E-state index in [1.54, 1.807) is 5.57 Å². The fraction of sp³-hybridized carbons (Fsp3) is 0.917. The predicted octanol–water partition coefficient (Wildman–Crippen LogP) is 11.2. The van der Waals surface area contributed by atoms with Gasteiger partial charge in [-0.25, -0.2) is 5.48 Å². The number of quaternary nitrogens is 2. The molecule has 0 radical (unpaired) electrons. The van der Waals surface area contributed by atoms with Crippen LogP contribution >= 0.6 is 0 Å². The van der Waals surface area contributed by atoms with Gasteiger partial charge >= 0.3 is 0 Å². The summed E-state index contributed by atoms with van der Waals surface area (Å²) < 4.78 is 1.99. The fourth-order valence-corrected chi connectivity index (χ4v) is 9.18. The van der Waals surface area contributed by atoms with Crippen LogP contribution in [0.3, 0.4) is 0 Å². The molecule has 1 saturated carbocycles. The molecule has 0 bridgehead atoms. The number of aliphatic hydroxyl groups excluding tert-OH is 1. The van der Waals surface area contributed by atoms with Gasteiger partial charge in [0.2, 0.25) is 0 Å². The zero-order chi connectivity index (χ0) is 39.5. The number of hydrogen-bond donors (Lipinski definition) is 3. The van der Waals surface area contributed by atoms with Gasteiger partial charge in [0.25, 0.3) is 0 Å². The van der Waals surface area contributed by atoms with E-state index in [9.17, 15) is 5.11 Å². The molecular weight excluding hydrogens is 665 g/mol. The Morgan fingerprint density at radius 3 is 1.94 bits per heavy atom. The molecule has 6 heteroatoms. The standard InChI is InChI=1S/C48H96N4O2/c1-9-11-13-20-28-42-34-35-43(29-21-16-15-17-25-33-48(53)49-36-26-38-51(3,4)5)47(46(42)32-24-14-12-10-2)40-44-30-22-18-19-23-31-45(44)41-54-50-37-27-39-52(6,7)8/h34-35,40,42-43,45-50,53H,9-33,36-39,41H2,1-8H3/q+2/b44-40-. The highest BCUT2D eigenvalue weighted by Crippen LogP contribution is 2.44. The van der Waals surface area contributed by atoms with E-state index < -0.39 is 0 Å². The van der Waals surface area contributed by atoms with Crippen molar-refractivity contribution in [3.63, 3.8) is 0 Å². The van der Waals surface area contributed by atoms with Gasteiger partial charge in [0.15, 0.2) is 0 Å². The molecule has 6 unspecified atom stereocenters. The Morgan fingerprint density at radius 1 is 0.685 bits per heavy atom. The molecule has 2 rings (SSSR count). The summed E-state index contributed by atoms with van der Waals surface area (Å²) in [6, 6.07) is 0. The van der Waals surface area contributed by atoms with Crippen molar-refractivity contribution in [2.24, 2.45) is 29.6 Å². The Balaban J connectivity index is 2.11. The van der Waals surface area contributed by atoms with Crippen molar-refractivity contribution in [2.45, 2.75) is 181 Å². The van der Waals surface area contributed by atoms with E-state index in [1.165, 1.54) is 141 Å². The third kappa shape index (κ3) is 24.1. The van der Waals surface area contributed by atoms with Crippen LogP contribution in [0.25, 0.3) is 0 Å². The molecule has 6 nitrogen and oxygen atoms in total. The molecule has 0 aromatic carbocycles. The first kappa shape index (κ1) is 49.4. The highest BCUT2D eigenvalue weighted by Gasteiger charge is 2.35. The van der Waals surface area contributed by atoms with Gasteiger partial charge < -0.3 is 18.9 Å². The number of unbranched alkanes of at least 4 members (excludes halogenated alkanes) is 10. The molecular formula is C48H96N4O2+2. The zero-order valence-corrected chi connectivity index (χ0v) is 37.7. The second kappa shape index (κ2) is 29.5. The number of rotatable bonds is 31. The van der Waals surface area contributed by atoms with Crippen LogP contribution in [0.1, 0.15) is 174 Å². The quantitative estimate of drug-likeness (QED) is 0.0217. The molecule has 2 aliphatic carbocycles. The van der Waals surface area contributed by atoms with Crippen LogP contribution in [0.2, 0.25) is 0 Å². The minimum absolute atomic E-state index is 0.353. The number of nitrogens with zero attached hydrogens (tertiary/aromatic N) is 2. The Kier molecular flexibility index (Phi) is 26.9. The van der Waals surface area contributed by atoms with Crippen molar-refractivity contribution in [2.75, 3.05) is 75.1 Å². The van der Waals surface area contributed by atoms with Crippen LogP contribution in [0.4, 0.5) is 0 Å². The largest absolute Gasteiger partial charge is 0.379 e. The molecule has 54 heavy (non-hydrogen) atoms. The summed E-state index contributed by atoms with van der Waals surface area (Å²) in [7, 11) is 13.5. The molecule has 0 spiro atoms. The maximum atomic E-state index is 10.5. The molecule has 318 valence electrons. The number of aliphatic hydroxyl groups is 1. The highest BCUT2D eigenvalue weighted by molar-refractivity contribution is 5.17. The second-order valence-electron chi connectivity index (χ2n) is 19.8. The average molecular weight is 761 g/mol. The van der Waals surface area contributed by atoms with Gasteiger partial charge in [-0.05, 0) is 75.0 Å². The Labute approximate surface area is 337 Å². The van der Waals surface area contributed by atoms with Gasteiger partial charge in [0, 0.05) is 31.8 Å². The lowest BCUT2D eigenvalue weighted by atomic mass is 9.65. The summed E-state index contributed by atoms with van der Waals surface area (Å²) in [6.45, 7) is 9.67. The second-order valence-corrected chi connectivity index (χ2v) is 19.8. The van der Waals surface area contributed by atoms with Crippen LogP contribution in [-0.4, -0.2) is 95.4 Å². The normalized spacial score (nSPS) is 24.2. The lowest BCUT2D eigenvalue weighted by molar-refractivity contribution is -0.870. The van der Waals surface area contributed by atoms with Gasteiger partial charge in [0.05, 0.1) is 62.0 Å². The molecule has 2 aliphatic rings. The van der Waals surface area contributed by atoms with Crippen LogP contribution < -0.4 is 10.8 Å². The lowest BCUT2D eigenvalue weighted by Crippen LogP contribution is -2.38. The summed E-state index contributed by atoms with van der Waals surface area (Å²) >= 11 is 0. The van der Waals surface area contributed by atoms with Crippen LogP contribution in [-0.2, 0) is 4.84 Å². The zero-order valence-electron chi connectivity index (χ0n) is 37.7. The van der Waals surface area contributed by atoms with Crippen LogP contribution in [0, 0.1) is 29.6 Å². The molecule has 0 aromatic heterocycles. The van der Waals surface area contributed by atoms with Crippen molar-refractivity contribution in [1.29, 1.82) is 0 Å². The smallest absolute Gasteiger partial charge is 0.104 e. The first-order chi connectivity index (χ1) is 25.9. The van der Waals surface area contributed by atoms with Gasteiger partial charge in [-0.3, -0.25) is 5.32 Å². The van der Waals surface area contributed by atoms with Crippen LogP contribution in [0.5, 0.6) is 0 Å². The SMILES string of the molecule is CCCCCCC1C=CC(CCCCCCCC(O)NCCC[N+](C)(C)C)C(/C=C2/CCCCCCC2CONCCC[N+](C)(C)C)C1CCCCCC. The molecule has 0 heterocycles. The van der Waals surface area contributed by atoms with E-state index in [-0.39, 0.29) is 6.23 Å². The molecule has 1 fully saturated rings. The summed E-state index contributed by atoms with van der Waals surface area (Å²) in [4.78, 5) is 6.28. The third-order valence-electron chi connectivity index (χ3n) is 12.5. The van der Waals surface area contributed by atoms with E-state index in [0.717, 1.165) is 72.7 Å². The van der Waals surface area contributed by atoms with Gasteiger partial charge in [-0.2, -0.15) is 0 Å². The maximum absolute atomic E-state index is 10.5. The number of hydroxylamine groups is 1. The van der Waals surface area contributed by atoms with Crippen molar-refractivity contribution in [1.82, 2.24) is 10.8 Å². The third-order valence-corrected chi connectivity index (χ3v) is 12.5. The minimum Gasteiger partial charge on any atom is -0.379 e.